The summed E-state index contributed by atoms with van der Waals surface area (Å²) in [7, 11) is 0. The van der Waals surface area contributed by atoms with E-state index in [-0.39, 0.29) is 10.6 Å². The van der Waals surface area contributed by atoms with Crippen molar-refractivity contribution in [1.82, 2.24) is 0 Å². The van der Waals surface area contributed by atoms with Crippen molar-refractivity contribution in [2.75, 3.05) is 0 Å². The molecule has 0 unspecified atom stereocenters. The Balaban J connectivity index is 2.53. The first-order chi connectivity index (χ1) is 4.79. The number of hydrogen-bond donors (Lipinski definition) is 0. The van der Waals surface area contributed by atoms with E-state index in [4.69, 9.17) is 0 Å². The van der Waals surface area contributed by atoms with Gasteiger partial charge in [-0.1, -0.05) is 15.9 Å². The van der Waals surface area contributed by atoms with Gasteiger partial charge in [0, 0.05) is 16.9 Å². The lowest BCUT2D eigenvalue weighted by molar-refractivity contribution is 0.100. The molecule has 0 saturated carbocycles. The van der Waals surface area contributed by atoms with Gasteiger partial charge in [-0.25, -0.2) is 0 Å². The molecule has 10 heavy (non-hydrogen) atoms. The minimum atomic E-state index is 0.0509. The van der Waals surface area contributed by atoms with Crippen LogP contribution in [0.15, 0.2) is 11.4 Å². The van der Waals surface area contributed by atoms with Crippen LogP contribution in [-0.2, 0) is 6.42 Å². The number of ketones is 1. The predicted octanol–water partition coefficient (Wildman–Crippen LogP) is 2.25. The lowest BCUT2D eigenvalue weighted by Crippen LogP contribution is -2.05. The number of thiophene rings is 1. The second-order valence-corrected chi connectivity index (χ2v) is 4.40. The molecule has 1 atom stereocenters. The molecule has 0 saturated heterocycles. The molecule has 0 aromatic carbocycles. The number of carbonyl (C=O) groups is 1. The summed E-state index contributed by atoms with van der Waals surface area (Å²) in [4.78, 5) is 12.5. The van der Waals surface area contributed by atoms with Crippen LogP contribution in [0, 0.1) is 0 Å². The molecule has 1 aliphatic carbocycles. The van der Waals surface area contributed by atoms with Crippen LogP contribution in [0.1, 0.15) is 15.2 Å². The summed E-state index contributed by atoms with van der Waals surface area (Å²) in [5.41, 5.74) is 0.923. The van der Waals surface area contributed by atoms with E-state index in [1.807, 2.05) is 11.4 Å². The Bertz CT molecular complexity index is 279. The van der Waals surface area contributed by atoms with E-state index in [1.165, 1.54) is 4.88 Å². The van der Waals surface area contributed by atoms with Gasteiger partial charge in [0.2, 0.25) is 0 Å². The molecule has 0 bridgehead atoms. The molecule has 1 aliphatic rings. The van der Waals surface area contributed by atoms with Gasteiger partial charge in [-0.2, -0.15) is 0 Å². The van der Waals surface area contributed by atoms with Crippen molar-refractivity contribution in [2.24, 2.45) is 0 Å². The molecule has 52 valence electrons. The van der Waals surface area contributed by atoms with Crippen molar-refractivity contribution in [2.45, 2.75) is 11.2 Å². The molecule has 1 heterocycles. The number of fused-ring (bicyclic) bond motifs is 1. The molecule has 0 amide bonds. The van der Waals surface area contributed by atoms with Crippen molar-refractivity contribution in [3.63, 3.8) is 0 Å². The third-order valence-electron chi connectivity index (χ3n) is 1.66. The molecular formula is C7H5BrOS. The fourth-order valence-corrected chi connectivity index (χ4v) is 2.85. The molecule has 3 heteroatoms. The van der Waals surface area contributed by atoms with Crippen LogP contribution >= 0.6 is 27.3 Å². The highest BCUT2D eigenvalue weighted by Crippen LogP contribution is 2.30. The van der Waals surface area contributed by atoms with E-state index < -0.39 is 0 Å². The highest BCUT2D eigenvalue weighted by Gasteiger charge is 2.28. The van der Waals surface area contributed by atoms with E-state index >= 15 is 0 Å². The van der Waals surface area contributed by atoms with Crippen molar-refractivity contribution in [1.29, 1.82) is 0 Å². The van der Waals surface area contributed by atoms with Crippen LogP contribution in [0.4, 0.5) is 0 Å². The van der Waals surface area contributed by atoms with Crippen LogP contribution in [0.25, 0.3) is 0 Å². The first kappa shape index (κ1) is 6.55. The van der Waals surface area contributed by atoms with E-state index in [1.54, 1.807) is 11.3 Å². The van der Waals surface area contributed by atoms with Gasteiger partial charge in [0.25, 0.3) is 0 Å². The third kappa shape index (κ3) is 0.772. The Morgan fingerprint density at radius 1 is 1.70 bits per heavy atom. The second-order valence-electron chi connectivity index (χ2n) is 2.29. The molecule has 0 N–H and O–H groups in total. The largest absolute Gasteiger partial charge is 0.293 e. The minimum Gasteiger partial charge on any atom is -0.293 e. The van der Waals surface area contributed by atoms with E-state index in [9.17, 15) is 4.79 Å². The molecule has 2 rings (SSSR count). The van der Waals surface area contributed by atoms with Gasteiger partial charge < -0.3 is 0 Å². The van der Waals surface area contributed by atoms with Crippen LogP contribution < -0.4 is 0 Å². The number of halogens is 1. The fraction of sp³-hybridized carbons (Fsp3) is 0.286. The Morgan fingerprint density at radius 3 is 3.20 bits per heavy atom. The lowest BCUT2D eigenvalue weighted by atomic mass is 10.2. The molecule has 0 fully saturated rings. The average molecular weight is 217 g/mol. The zero-order valence-electron chi connectivity index (χ0n) is 5.13. The lowest BCUT2D eigenvalue weighted by Gasteiger charge is -1.91. The molecule has 1 aromatic rings. The Kier molecular flexibility index (Phi) is 1.42. The standard InChI is InChI=1S/C7H5BrOS/c8-5-3-6-4(7(5)9)1-2-10-6/h1-2,5H,3H2/t5-/m0/s1. The number of hydrogen-bond acceptors (Lipinski definition) is 2. The molecule has 0 radical (unpaired) electrons. The number of rotatable bonds is 0. The molecule has 1 nitrogen and oxygen atoms in total. The average Bonchev–Trinajstić information content (AvgIpc) is 2.41. The SMILES string of the molecule is O=C1c2ccsc2C[C@@H]1Br. The van der Waals surface area contributed by atoms with Gasteiger partial charge in [0.15, 0.2) is 5.78 Å². The maximum absolute atomic E-state index is 11.2. The Morgan fingerprint density at radius 2 is 2.50 bits per heavy atom. The first-order valence-corrected chi connectivity index (χ1v) is 4.83. The third-order valence-corrected chi connectivity index (χ3v) is 3.34. The van der Waals surface area contributed by atoms with E-state index in [0.717, 1.165) is 12.0 Å². The summed E-state index contributed by atoms with van der Waals surface area (Å²) in [6, 6.07) is 1.91. The maximum atomic E-state index is 11.2. The van der Waals surface area contributed by atoms with Crippen molar-refractivity contribution in [3.8, 4) is 0 Å². The zero-order chi connectivity index (χ0) is 7.14. The summed E-state index contributed by atoms with van der Waals surface area (Å²) in [5, 5.41) is 1.97. The van der Waals surface area contributed by atoms with Gasteiger partial charge in [0.05, 0.1) is 4.83 Å². The van der Waals surface area contributed by atoms with Gasteiger partial charge in [-0.05, 0) is 11.4 Å². The first-order valence-electron chi connectivity index (χ1n) is 3.03. The number of Topliss-reactive ketones (excluding diaryl/α,β-unsaturated/α-hetero) is 1. The summed E-state index contributed by atoms with van der Waals surface area (Å²) in [5.74, 6) is 0.247. The topological polar surface area (TPSA) is 17.1 Å². The number of alkyl halides is 1. The minimum absolute atomic E-state index is 0.0509. The molecule has 0 spiro atoms. The van der Waals surface area contributed by atoms with Crippen LogP contribution in [-0.4, -0.2) is 10.6 Å². The van der Waals surface area contributed by atoms with E-state index in [0.29, 0.717) is 0 Å². The van der Waals surface area contributed by atoms with Crippen LogP contribution in [0.3, 0.4) is 0 Å². The quantitative estimate of drug-likeness (QED) is 0.609. The van der Waals surface area contributed by atoms with Gasteiger partial charge in [0.1, 0.15) is 0 Å². The van der Waals surface area contributed by atoms with Crippen LogP contribution in [0.2, 0.25) is 0 Å². The molecule has 1 aromatic heterocycles. The molecule has 0 aliphatic heterocycles. The summed E-state index contributed by atoms with van der Waals surface area (Å²) >= 11 is 4.99. The van der Waals surface area contributed by atoms with Gasteiger partial charge in [-0.15, -0.1) is 11.3 Å². The van der Waals surface area contributed by atoms with Gasteiger partial charge >= 0.3 is 0 Å². The summed E-state index contributed by atoms with van der Waals surface area (Å²) < 4.78 is 0. The number of carbonyl (C=O) groups excluding carboxylic acids is 1. The predicted molar refractivity (Wildman–Crippen MR) is 45.1 cm³/mol. The smallest absolute Gasteiger partial charge is 0.177 e. The fourth-order valence-electron chi connectivity index (χ4n) is 1.14. The highest BCUT2D eigenvalue weighted by molar-refractivity contribution is 9.10. The van der Waals surface area contributed by atoms with Crippen molar-refractivity contribution >= 4 is 33.0 Å². The Labute approximate surface area is 71.2 Å². The highest BCUT2D eigenvalue weighted by atomic mass is 79.9. The second kappa shape index (κ2) is 2.17. The summed E-state index contributed by atoms with van der Waals surface area (Å²) in [6.07, 6.45) is 0.881. The zero-order valence-corrected chi connectivity index (χ0v) is 7.54. The van der Waals surface area contributed by atoms with Crippen molar-refractivity contribution in [3.05, 3.63) is 21.9 Å². The van der Waals surface area contributed by atoms with Crippen LogP contribution in [0.5, 0.6) is 0 Å². The Hall–Kier alpha value is -0.150. The van der Waals surface area contributed by atoms with Gasteiger partial charge in [-0.3, -0.25) is 4.79 Å². The van der Waals surface area contributed by atoms with Crippen molar-refractivity contribution < 1.29 is 4.79 Å². The monoisotopic (exact) mass is 216 g/mol. The normalized spacial score (nSPS) is 23.3. The van der Waals surface area contributed by atoms with E-state index in [2.05, 4.69) is 15.9 Å². The molecular weight excluding hydrogens is 212 g/mol. The maximum Gasteiger partial charge on any atom is 0.177 e. The summed E-state index contributed by atoms with van der Waals surface area (Å²) in [6.45, 7) is 0.